The van der Waals surface area contributed by atoms with Crippen LogP contribution >= 0.6 is 23.2 Å². The predicted molar refractivity (Wildman–Crippen MR) is 125 cm³/mol. The lowest BCUT2D eigenvalue weighted by Crippen LogP contribution is -2.59. The van der Waals surface area contributed by atoms with E-state index in [-0.39, 0.29) is 37.9 Å². The number of piperazine rings is 1. The molecule has 0 aliphatic carbocycles. The summed E-state index contributed by atoms with van der Waals surface area (Å²) < 4.78 is 0. The van der Waals surface area contributed by atoms with Gasteiger partial charge in [0.1, 0.15) is 6.04 Å². The van der Waals surface area contributed by atoms with Gasteiger partial charge in [0.15, 0.2) is 0 Å². The van der Waals surface area contributed by atoms with Crippen molar-refractivity contribution in [2.45, 2.75) is 38.8 Å². The van der Waals surface area contributed by atoms with E-state index in [0.717, 1.165) is 0 Å². The van der Waals surface area contributed by atoms with Crippen LogP contribution in [0.3, 0.4) is 0 Å². The monoisotopic (exact) mass is 500 g/mol. The Hall–Kier alpha value is -2.07. The second kappa shape index (κ2) is 10.5. The summed E-state index contributed by atoms with van der Waals surface area (Å²) in [5.74, 6) is -0.376. The number of anilines is 1. The van der Waals surface area contributed by atoms with Gasteiger partial charge >= 0.3 is 6.03 Å². The molecular formula is C22H30Cl2N4O5. The number of halogens is 2. The highest BCUT2D eigenvalue weighted by Gasteiger charge is 2.39. The molecule has 182 valence electrons. The van der Waals surface area contributed by atoms with Crippen molar-refractivity contribution < 1.29 is 24.6 Å². The summed E-state index contributed by atoms with van der Waals surface area (Å²) in [6, 6.07) is 3.64. The molecule has 0 bridgehead atoms. The third-order valence-corrected chi connectivity index (χ3v) is 7.38. The number of benzene rings is 1. The molecular weight excluding hydrogens is 471 g/mol. The van der Waals surface area contributed by atoms with Gasteiger partial charge in [-0.3, -0.25) is 9.59 Å². The van der Waals surface area contributed by atoms with Crippen molar-refractivity contribution >= 4 is 46.7 Å². The van der Waals surface area contributed by atoms with Gasteiger partial charge in [0.25, 0.3) is 0 Å². The molecule has 2 saturated heterocycles. The molecule has 1 aromatic carbocycles. The van der Waals surface area contributed by atoms with E-state index < -0.39 is 23.6 Å². The van der Waals surface area contributed by atoms with Gasteiger partial charge in [0.05, 0.1) is 22.8 Å². The van der Waals surface area contributed by atoms with Crippen LogP contribution in [0.5, 0.6) is 0 Å². The van der Waals surface area contributed by atoms with E-state index >= 15 is 0 Å². The number of hydrogen-bond acceptors (Lipinski definition) is 5. The number of rotatable bonds is 5. The minimum absolute atomic E-state index is 0.133. The highest BCUT2D eigenvalue weighted by molar-refractivity contribution is 6.42. The molecule has 3 atom stereocenters. The topological polar surface area (TPSA) is 113 Å². The highest BCUT2D eigenvalue weighted by Crippen LogP contribution is 2.31. The van der Waals surface area contributed by atoms with Gasteiger partial charge in [0.2, 0.25) is 11.8 Å². The number of urea groups is 1. The fourth-order valence-electron chi connectivity index (χ4n) is 4.08. The van der Waals surface area contributed by atoms with Crippen molar-refractivity contribution in [3.8, 4) is 0 Å². The molecule has 2 unspecified atom stereocenters. The maximum absolute atomic E-state index is 12.8. The highest BCUT2D eigenvalue weighted by atomic mass is 35.5. The van der Waals surface area contributed by atoms with Crippen LogP contribution < -0.4 is 5.32 Å². The Morgan fingerprint density at radius 2 is 1.94 bits per heavy atom. The Morgan fingerprint density at radius 3 is 2.58 bits per heavy atom. The molecule has 0 saturated carbocycles. The molecule has 0 aromatic heterocycles. The smallest absolute Gasteiger partial charge is 0.322 e. The zero-order valence-electron chi connectivity index (χ0n) is 18.8. The molecule has 3 rings (SSSR count). The zero-order valence-corrected chi connectivity index (χ0v) is 20.3. The molecule has 2 heterocycles. The Bertz CT molecular complexity index is 917. The van der Waals surface area contributed by atoms with E-state index in [2.05, 4.69) is 5.32 Å². The van der Waals surface area contributed by atoms with Crippen LogP contribution in [0.15, 0.2) is 18.2 Å². The second-order valence-corrected chi connectivity index (χ2v) is 9.74. The number of hydrogen-bond donors (Lipinski definition) is 3. The van der Waals surface area contributed by atoms with Gasteiger partial charge in [-0.05, 0) is 31.5 Å². The van der Waals surface area contributed by atoms with Crippen LogP contribution in [-0.2, 0) is 9.59 Å². The first-order chi connectivity index (χ1) is 15.6. The Kier molecular flexibility index (Phi) is 8.10. The summed E-state index contributed by atoms with van der Waals surface area (Å²) in [5.41, 5.74) is -0.126. The zero-order chi connectivity index (χ0) is 24.3. The first-order valence-electron chi connectivity index (χ1n) is 10.9. The minimum atomic E-state index is -0.792. The summed E-state index contributed by atoms with van der Waals surface area (Å²) in [7, 11) is 0. The molecule has 2 fully saturated rings. The third kappa shape index (κ3) is 5.71. The second-order valence-electron chi connectivity index (χ2n) is 8.92. The molecule has 2 aliphatic heterocycles. The lowest BCUT2D eigenvalue weighted by atomic mass is 9.78. The van der Waals surface area contributed by atoms with Crippen LogP contribution in [-0.4, -0.2) is 94.2 Å². The number of carbonyl (C=O) groups is 3. The lowest BCUT2D eigenvalue weighted by Gasteiger charge is -2.43. The quantitative estimate of drug-likeness (QED) is 0.572. The SMILES string of the molecule is C[C@H]1C(=O)N(CCC(=O)N2CCC(C)(CO)C(O)C2)CCN1C(=O)Nc1ccc(Cl)c(Cl)c1. The van der Waals surface area contributed by atoms with Crippen molar-refractivity contribution in [2.75, 3.05) is 44.6 Å². The molecule has 2 aliphatic rings. The van der Waals surface area contributed by atoms with Gasteiger partial charge in [0, 0.05) is 50.2 Å². The number of amides is 4. The average molecular weight is 501 g/mol. The summed E-state index contributed by atoms with van der Waals surface area (Å²) in [4.78, 5) is 42.7. The van der Waals surface area contributed by atoms with Crippen molar-refractivity contribution in [3.63, 3.8) is 0 Å². The standard InChI is InChI=1S/C22H30Cl2N4O5/c1-14-20(32)26(7-5-19(31)27-8-6-22(2,13-29)18(30)12-27)9-10-28(14)21(33)25-15-3-4-16(23)17(24)11-15/h3-4,11,14,18,29-30H,5-10,12-13H2,1-2H3,(H,25,33)/t14-,18?,22?/m0/s1. The van der Waals surface area contributed by atoms with Gasteiger partial charge in [-0.1, -0.05) is 30.1 Å². The summed E-state index contributed by atoms with van der Waals surface area (Å²) >= 11 is 11.9. The van der Waals surface area contributed by atoms with Crippen LogP contribution in [0.2, 0.25) is 10.0 Å². The Labute approximate surface area is 203 Å². The Balaban J connectivity index is 1.50. The minimum Gasteiger partial charge on any atom is -0.396 e. The molecule has 11 heteroatoms. The van der Waals surface area contributed by atoms with E-state index in [9.17, 15) is 24.6 Å². The van der Waals surface area contributed by atoms with E-state index in [0.29, 0.717) is 41.8 Å². The van der Waals surface area contributed by atoms with Crippen LogP contribution in [0.25, 0.3) is 0 Å². The fourth-order valence-corrected chi connectivity index (χ4v) is 4.37. The molecule has 3 N–H and O–H groups in total. The van der Waals surface area contributed by atoms with Crippen LogP contribution in [0, 0.1) is 5.41 Å². The molecule has 4 amide bonds. The number of aliphatic hydroxyl groups is 2. The van der Waals surface area contributed by atoms with E-state index in [1.165, 1.54) is 11.0 Å². The van der Waals surface area contributed by atoms with Gasteiger partial charge in [-0.2, -0.15) is 0 Å². The van der Waals surface area contributed by atoms with Crippen molar-refractivity contribution in [2.24, 2.45) is 5.41 Å². The normalized spacial score (nSPS) is 25.9. The van der Waals surface area contributed by atoms with E-state index in [1.54, 1.807) is 35.8 Å². The summed E-state index contributed by atoms with van der Waals surface area (Å²) in [6.07, 6.45) is -0.144. The average Bonchev–Trinajstić information content (AvgIpc) is 2.78. The predicted octanol–water partition coefficient (Wildman–Crippen LogP) is 2.04. The summed E-state index contributed by atoms with van der Waals surface area (Å²) in [6.45, 7) is 4.84. The number of piperidine rings is 1. The number of nitrogens with one attached hydrogen (secondary N) is 1. The molecule has 0 radical (unpaired) electrons. The van der Waals surface area contributed by atoms with Crippen LogP contribution in [0.1, 0.15) is 26.7 Å². The van der Waals surface area contributed by atoms with Gasteiger partial charge in [-0.25, -0.2) is 4.79 Å². The molecule has 0 spiro atoms. The molecule has 1 aromatic rings. The summed E-state index contributed by atoms with van der Waals surface area (Å²) in [5, 5.41) is 23.2. The number of nitrogens with zero attached hydrogens (tertiary/aromatic N) is 3. The maximum Gasteiger partial charge on any atom is 0.322 e. The number of aliphatic hydroxyl groups excluding tert-OH is 2. The third-order valence-electron chi connectivity index (χ3n) is 6.64. The van der Waals surface area contributed by atoms with Crippen molar-refractivity contribution in [1.29, 1.82) is 0 Å². The number of β-amino-alcohol motifs (C(OH)–C–C–N with tert-alkyl or cyclic N) is 1. The number of carbonyl (C=O) groups excluding carboxylic acids is 3. The van der Waals surface area contributed by atoms with Crippen LogP contribution in [0.4, 0.5) is 10.5 Å². The van der Waals surface area contributed by atoms with Crippen molar-refractivity contribution in [1.82, 2.24) is 14.7 Å². The largest absolute Gasteiger partial charge is 0.396 e. The molecule has 33 heavy (non-hydrogen) atoms. The first-order valence-corrected chi connectivity index (χ1v) is 11.7. The molecule has 9 nitrogen and oxygen atoms in total. The maximum atomic E-state index is 12.8. The van der Waals surface area contributed by atoms with Gasteiger partial charge < -0.3 is 30.2 Å². The van der Waals surface area contributed by atoms with Crippen molar-refractivity contribution in [3.05, 3.63) is 28.2 Å². The fraction of sp³-hybridized carbons (Fsp3) is 0.591. The van der Waals surface area contributed by atoms with E-state index in [1.807, 2.05) is 0 Å². The Morgan fingerprint density at radius 1 is 1.21 bits per heavy atom. The first kappa shape index (κ1) is 25.6. The van der Waals surface area contributed by atoms with E-state index in [4.69, 9.17) is 23.2 Å². The lowest BCUT2D eigenvalue weighted by molar-refractivity contribution is -0.143. The number of likely N-dealkylation sites (tertiary alicyclic amines) is 1. The van der Waals surface area contributed by atoms with Gasteiger partial charge in [-0.15, -0.1) is 0 Å².